The van der Waals surface area contributed by atoms with Gasteiger partial charge in [0.25, 0.3) is 0 Å². The summed E-state index contributed by atoms with van der Waals surface area (Å²) in [4.78, 5) is 22.6. The first kappa shape index (κ1) is 25.2. The van der Waals surface area contributed by atoms with Crippen LogP contribution in [0.5, 0.6) is 5.88 Å². The number of benzene rings is 1. The zero-order valence-corrected chi connectivity index (χ0v) is 22.9. The Hall–Kier alpha value is -3.13. The SMILES string of the molecule is COC(=O)c1cc(-c2ccc(N3CCN(C4CC4)CC3)cc2)c2c(OC(C)C)nn(C3CCCCC3)c2n1. The quantitative estimate of drug-likeness (QED) is 0.385. The topological polar surface area (TPSA) is 72.7 Å². The zero-order chi connectivity index (χ0) is 26.2. The third-order valence-corrected chi connectivity index (χ3v) is 8.21. The molecule has 0 atom stereocenters. The van der Waals surface area contributed by atoms with Gasteiger partial charge in [-0.15, -0.1) is 5.10 Å². The van der Waals surface area contributed by atoms with Gasteiger partial charge in [-0.3, -0.25) is 4.90 Å². The van der Waals surface area contributed by atoms with Crippen LogP contribution < -0.4 is 9.64 Å². The molecule has 2 aromatic heterocycles. The van der Waals surface area contributed by atoms with Crippen molar-refractivity contribution >= 4 is 22.7 Å². The van der Waals surface area contributed by atoms with Crippen molar-refractivity contribution in [2.45, 2.75) is 77.0 Å². The molecule has 2 saturated carbocycles. The van der Waals surface area contributed by atoms with Crippen molar-refractivity contribution < 1.29 is 14.3 Å². The molecule has 1 aliphatic heterocycles. The molecule has 8 heteroatoms. The number of anilines is 1. The minimum absolute atomic E-state index is 0.0299. The van der Waals surface area contributed by atoms with Gasteiger partial charge in [0.15, 0.2) is 11.3 Å². The number of aromatic nitrogens is 3. The summed E-state index contributed by atoms with van der Waals surface area (Å²) in [7, 11) is 1.40. The predicted octanol–water partition coefficient (Wildman–Crippen LogP) is 5.46. The Bertz CT molecular complexity index is 1280. The van der Waals surface area contributed by atoms with Crippen molar-refractivity contribution in [2.24, 2.45) is 0 Å². The smallest absolute Gasteiger partial charge is 0.356 e. The van der Waals surface area contributed by atoms with Crippen LogP contribution in [0.4, 0.5) is 5.69 Å². The van der Waals surface area contributed by atoms with Gasteiger partial charge in [0.1, 0.15) is 0 Å². The van der Waals surface area contributed by atoms with Crippen LogP contribution in [0.15, 0.2) is 30.3 Å². The van der Waals surface area contributed by atoms with E-state index in [0.29, 0.717) is 17.2 Å². The fraction of sp³-hybridized carbons (Fsp3) is 0.567. The van der Waals surface area contributed by atoms with Crippen molar-refractivity contribution in [1.82, 2.24) is 19.7 Å². The van der Waals surface area contributed by atoms with Crippen LogP contribution in [0.25, 0.3) is 22.2 Å². The molecule has 0 bridgehead atoms. The lowest BCUT2D eigenvalue weighted by molar-refractivity contribution is 0.0594. The molecule has 8 nitrogen and oxygen atoms in total. The minimum Gasteiger partial charge on any atom is -0.473 e. The number of nitrogens with zero attached hydrogens (tertiary/aromatic N) is 5. The number of fused-ring (bicyclic) bond motifs is 1. The van der Waals surface area contributed by atoms with E-state index in [1.807, 2.05) is 24.6 Å². The highest BCUT2D eigenvalue weighted by Crippen LogP contribution is 2.40. The first-order valence-corrected chi connectivity index (χ1v) is 14.3. The van der Waals surface area contributed by atoms with Crippen molar-refractivity contribution in [3.8, 4) is 17.0 Å². The Morgan fingerprint density at radius 1 is 0.947 bits per heavy atom. The molecule has 1 saturated heterocycles. The normalized spacial score (nSPS) is 19.3. The van der Waals surface area contributed by atoms with Gasteiger partial charge >= 0.3 is 5.97 Å². The zero-order valence-electron chi connectivity index (χ0n) is 22.9. The summed E-state index contributed by atoms with van der Waals surface area (Å²) < 4.78 is 13.3. The van der Waals surface area contributed by atoms with Gasteiger partial charge < -0.3 is 14.4 Å². The van der Waals surface area contributed by atoms with E-state index < -0.39 is 5.97 Å². The van der Waals surface area contributed by atoms with Crippen molar-refractivity contribution in [2.75, 3.05) is 38.2 Å². The van der Waals surface area contributed by atoms with Crippen LogP contribution in [0.2, 0.25) is 0 Å². The number of ether oxygens (including phenoxy) is 2. The highest BCUT2D eigenvalue weighted by Gasteiger charge is 2.31. The fourth-order valence-corrected chi connectivity index (χ4v) is 6.06. The van der Waals surface area contributed by atoms with Gasteiger partial charge in [0.2, 0.25) is 5.88 Å². The van der Waals surface area contributed by atoms with E-state index in [1.165, 1.54) is 44.9 Å². The third-order valence-electron chi connectivity index (χ3n) is 8.21. The molecule has 202 valence electrons. The van der Waals surface area contributed by atoms with Crippen molar-refractivity contribution in [3.05, 3.63) is 36.0 Å². The third kappa shape index (κ3) is 4.98. The first-order valence-electron chi connectivity index (χ1n) is 14.3. The second kappa shape index (κ2) is 10.6. The summed E-state index contributed by atoms with van der Waals surface area (Å²) in [6, 6.07) is 11.6. The van der Waals surface area contributed by atoms with E-state index >= 15 is 0 Å². The molecule has 3 aromatic rings. The van der Waals surface area contributed by atoms with Crippen molar-refractivity contribution in [3.63, 3.8) is 0 Å². The minimum atomic E-state index is -0.443. The first-order chi connectivity index (χ1) is 18.5. The van der Waals surface area contributed by atoms with Crippen LogP contribution >= 0.6 is 0 Å². The molecule has 0 N–H and O–H groups in total. The maximum Gasteiger partial charge on any atom is 0.356 e. The number of piperazine rings is 1. The Kier molecular flexibility index (Phi) is 6.99. The van der Waals surface area contributed by atoms with Crippen LogP contribution in [0.1, 0.15) is 75.3 Å². The van der Waals surface area contributed by atoms with Gasteiger partial charge in [0, 0.05) is 43.5 Å². The average Bonchev–Trinajstić information content (AvgIpc) is 3.75. The molecule has 0 amide bonds. The predicted molar refractivity (Wildman–Crippen MR) is 149 cm³/mol. The number of methoxy groups -OCH3 is 1. The van der Waals surface area contributed by atoms with Gasteiger partial charge in [-0.05, 0) is 63.3 Å². The van der Waals surface area contributed by atoms with Crippen LogP contribution in [0, 0.1) is 0 Å². The molecular weight excluding hydrogens is 478 g/mol. The average molecular weight is 518 g/mol. The number of carbonyl (C=O) groups excluding carboxylic acids is 1. The maximum absolute atomic E-state index is 12.7. The lowest BCUT2D eigenvalue weighted by Gasteiger charge is -2.36. The lowest BCUT2D eigenvalue weighted by atomic mass is 9.95. The Labute approximate surface area is 224 Å². The highest BCUT2D eigenvalue weighted by atomic mass is 16.5. The standard InChI is InChI=1S/C30H39N5O3/c1-20(2)38-29-27-25(21-9-11-22(12-10-21)33-15-17-34(18-16-33)23-13-14-23)19-26(30(36)37-3)31-28(27)35(32-29)24-7-5-4-6-8-24/h9-12,19-20,23-24H,4-8,13-18H2,1-3H3. The summed E-state index contributed by atoms with van der Waals surface area (Å²) >= 11 is 0. The second-order valence-corrected chi connectivity index (χ2v) is 11.3. The Morgan fingerprint density at radius 3 is 2.29 bits per heavy atom. The molecule has 3 fully saturated rings. The van der Waals surface area contributed by atoms with E-state index in [4.69, 9.17) is 19.6 Å². The molecule has 2 aliphatic carbocycles. The molecule has 0 radical (unpaired) electrons. The summed E-state index contributed by atoms with van der Waals surface area (Å²) in [6.07, 6.45) is 8.40. The molecule has 0 spiro atoms. The molecule has 1 aromatic carbocycles. The number of carbonyl (C=O) groups is 1. The maximum atomic E-state index is 12.7. The number of esters is 1. The van der Waals surface area contributed by atoms with Gasteiger partial charge in [-0.25, -0.2) is 14.5 Å². The largest absolute Gasteiger partial charge is 0.473 e. The van der Waals surface area contributed by atoms with E-state index in [9.17, 15) is 4.79 Å². The van der Waals surface area contributed by atoms with Gasteiger partial charge in [-0.2, -0.15) is 0 Å². The highest BCUT2D eigenvalue weighted by molar-refractivity contribution is 6.01. The molecule has 38 heavy (non-hydrogen) atoms. The van der Waals surface area contributed by atoms with E-state index in [1.54, 1.807) is 0 Å². The molecule has 3 heterocycles. The van der Waals surface area contributed by atoms with E-state index in [2.05, 4.69) is 34.1 Å². The number of rotatable bonds is 7. The number of pyridine rings is 1. The molecular formula is C30H39N5O3. The second-order valence-electron chi connectivity index (χ2n) is 11.3. The van der Waals surface area contributed by atoms with E-state index in [-0.39, 0.29) is 12.1 Å². The van der Waals surface area contributed by atoms with Crippen molar-refractivity contribution in [1.29, 1.82) is 0 Å². The molecule has 0 unspecified atom stereocenters. The summed E-state index contributed by atoms with van der Waals surface area (Å²) in [6.45, 7) is 8.41. The Morgan fingerprint density at radius 2 is 1.66 bits per heavy atom. The van der Waals surface area contributed by atoms with Crippen LogP contribution in [-0.4, -0.2) is 71.1 Å². The Balaban J connectivity index is 1.40. The molecule has 3 aliphatic rings. The van der Waals surface area contributed by atoms with Crippen LogP contribution in [0.3, 0.4) is 0 Å². The summed E-state index contributed by atoms with van der Waals surface area (Å²) in [5, 5.41) is 5.81. The number of hydrogen-bond donors (Lipinski definition) is 0. The van der Waals surface area contributed by atoms with Gasteiger partial charge in [0.05, 0.1) is 24.6 Å². The number of hydrogen-bond acceptors (Lipinski definition) is 7. The monoisotopic (exact) mass is 517 g/mol. The lowest BCUT2D eigenvalue weighted by Crippen LogP contribution is -2.47. The molecule has 6 rings (SSSR count). The van der Waals surface area contributed by atoms with E-state index in [0.717, 1.165) is 61.6 Å². The summed E-state index contributed by atoms with van der Waals surface area (Å²) in [5.74, 6) is 0.140. The van der Waals surface area contributed by atoms with Crippen LogP contribution in [-0.2, 0) is 4.74 Å². The van der Waals surface area contributed by atoms with Gasteiger partial charge in [-0.1, -0.05) is 31.4 Å². The fourth-order valence-electron chi connectivity index (χ4n) is 6.06. The summed E-state index contributed by atoms with van der Waals surface area (Å²) in [5.41, 5.74) is 4.14.